The van der Waals surface area contributed by atoms with E-state index in [9.17, 15) is 9.90 Å². The number of aromatic carboxylic acids is 1. The van der Waals surface area contributed by atoms with Crippen molar-refractivity contribution in [3.05, 3.63) is 70.6 Å². The minimum Gasteiger partial charge on any atom is -0.478 e. The van der Waals surface area contributed by atoms with Crippen LogP contribution in [0.25, 0.3) is 16.6 Å². The molecule has 2 heterocycles. The van der Waals surface area contributed by atoms with Crippen LogP contribution in [0.2, 0.25) is 5.02 Å². The van der Waals surface area contributed by atoms with Crippen molar-refractivity contribution >= 4 is 40.2 Å². The highest BCUT2D eigenvalue weighted by atomic mass is 35.5. The number of aromatic nitrogens is 3. The average Bonchev–Trinajstić information content (AvgIpc) is 3.45. The van der Waals surface area contributed by atoms with E-state index in [1.165, 1.54) is 24.3 Å². The van der Waals surface area contributed by atoms with Gasteiger partial charge in [-0.15, -0.1) is 0 Å². The van der Waals surface area contributed by atoms with Crippen LogP contribution in [0.15, 0.2) is 52.5 Å². The van der Waals surface area contributed by atoms with Crippen molar-refractivity contribution in [1.82, 2.24) is 19.7 Å². The number of hydrogen-bond acceptors (Lipinski definition) is 4. The number of benzene rings is 2. The van der Waals surface area contributed by atoms with Crippen LogP contribution in [-0.2, 0) is 6.54 Å². The number of carboxylic acids is 1. The van der Waals surface area contributed by atoms with Gasteiger partial charge in [-0.2, -0.15) is 5.10 Å². The van der Waals surface area contributed by atoms with E-state index in [1.54, 1.807) is 16.9 Å². The molecule has 2 N–H and O–H groups in total. The molecule has 0 unspecified atom stereocenters. The molecule has 10 heteroatoms. The van der Waals surface area contributed by atoms with E-state index in [2.05, 4.69) is 10.4 Å². The quantitative estimate of drug-likeness (QED) is 0.323. The number of hydrogen-bond donors (Lipinski definition) is 2. The fourth-order valence-corrected chi connectivity index (χ4v) is 5.44. The summed E-state index contributed by atoms with van der Waals surface area (Å²) in [6.07, 6.45) is 5.38. The minimum absolute atomic E-state index is 0.00761. The standard InChI is InChI=1S/C24H21ClF2N4O2S/c1-28-9-10-30-12-14(11-29-30)31-21(13-5-6-13)23(16-7-8-17(25)20(27)22(16)31)34-18-4-2-3-15(19(18)26)24(32)33/h2-4,7-8,11-13,28H,5-6,9-10H2,1H3,(H,32,33). The van der Waals surface area contributed by atoms with E-state index in [4.69, 9.17) is 11.6 Å². The maximum absolute atomic E-state index is 15.5. The lowest BCUT2D eigenvalue weighted by molar-refractivity contribution is 0.0691. The van der Waals surface area contributed by atoms with Gasteiger partial charge in [-0.25, -0.2) is 13.6 Å². The van der Waals surface area contributed by atoms with E-state index < -0.39 is 23.2 Å². The van der Waals surface area contributed by atoms with E-state index >= 15 is 8.78 Å². The molecule has 1 fully saturated rings. The molecule has 0 atom stereocenters. The van der Waals surface area contributed by atoms with Gasteiger partial charge in [0.2, 0.25) is 0 Å². The first-order chi connectivity index (χ1) is 16.4. The van der Waals surface area contributed by atoms with Gasteiger partial charge in [-0.3, -0.25) is 4.68 Å². The molecule has 0 saturated heterocycles. The monoisotopic (exact) mass is 502 g/mol. The molecule has 0 aliphatic heterocycles. The van der Waals surface area contributed by atoms with E-state index in [0.29, 0.717) is 28.0 Å². The smallest absolute Gasteiger partial charge is 0.338 e. The molecule has 0 amide bonds. The van der Waals surface area contributed by atoms with Crippen LogP contribution in [-0.4, -0.2) is 39.0 Å². The van der Waals surface area contributed by atoms with Crippen LogP contribution in [0.5, 0.6) is 0 Å². The summed E-state index contributed by atoms with van der Waals surface area (Å²) in [6.45, 7) is 1.37. The summed E-state index contributed by atoms with van der Waals surface area (Å²) in [4.78, 5) is 12.3. The fraction of sp³-hybridized carbons (Fsp3) is 0.250. The second-order valence-corrected chi connectivity index (χ2v) is 9.63. The number of rotatable bonds is 8. The predicted octanol–water partition coefficient (Wildman–Crippen LogP) is 5.70. The van der Waals surface area contributed by atoms with Gasteiger partial charge in [0, 0.05) is 39.5 Å². The highest BCUT2D eigenvalue weighted by Gasteiger charge is 2.35. The molecule has 2 aromatic heterocycles. The number of carboxylic acid groups (broad SMARTS) is 1. The molecule has 0 bridgehead atoms. The third kappa shape index (κ3) is 3.97. The highest BCUT2D eigenvalue weighted by Crippen LogP contribution is 2.51. The Morgan fingerprint density at radius 2 is 2.06 bits per heavy atom. The molecular weight excluding hydrogens is 482 g/mol. The molecule has 5 rings (SSSR count). The van der Waals surface area contributed by atoms with Crippen LogP contribution in [0.1, 0.15) is 34.8 Å². The lowest BCUT2D eigenvalue weighted by Crippen LogP contribution is -2.15. The van der Waals surface area contributed by atoms with Crippen molar-refractivity contribution in [3.8, 4) is 5.69 Å². The molecule has 1 aliphatic carbocycles. The first-order valence-electron chi connectivity index (χ1n) is 10.8. The molecular formula is C24H21ClF2N4O2S. The third-order valence-electron chi connectivity index (χ3n) is 5.85. The average molecular weight is 503 g/mol. The van der Waals surface area contributed by atoms with Gasteiger partial charge in [0.1, 0.15) is 0 Å². The van der Waals surface area contributed by atoms with Gasteiger partial charge < -0.3 is 15.0 Å². The van der Waals surface area contributed by atoms with E-state index in [1.807, 2.05) is 17.8 Å². The molecule has 0 radical (unpaired) electrons. The summed E-state index contributed by atoms with van der Waals surface area (Å²) in [6, 6.07) is 7.49. The Bertz CT molecular complexity index is 1410. The Balaban J connectivity index is 1.73. The van der Waals surface area contributed by atoms with Crippen molar-refractivity contribution in [3.63, 3.8) is 0 Å². The minimum atomic E-state index is -1.34. The SMILES string of the molecule is CNCCn1cc(-n2c(C3CC3)c(Sc3cccc(C(=O)O)c3F)c3ccc(Cl)c(F)c32)cn1. The lowest BCUT2D eigenvalue weighted by Gasteiger charge is -2.11. The van der Waals surface area contributed by atoms with Gasteiger partial charge in [0.25, 0.3) is 0 Å². The Kier molecular flexibility index (Phi) is 6.09. The summed E-state index contributed by atoms with van der Waals surface area (Å²) in [7, 11) is 1.86. The van der Waals surface area contributed by atoms with Gasteiger partial charge in [-0.1, -0.05) is 29.4 Å². The van der Waals surface area contributed by atoms with Crippen molar-refractivity contribution in [2.45, 2.75) is 35.1 Å². The van der Waals surface area contributed by atoms with Gasteiger partial charge >= 0.3 is 5.97 Å². The summed E-state index contributed by atoms with van der Waals surface area (Å²) < 4.78 is 34.1. The van der Waals surface area contributed by atoms with Crippen molar-refractivity contribution in [2.75, 3.05) is 13.6 Å². The summed E-state index contributed by atoms with van der Waals surface area (Å²) in [5, 5.41) is 17.4. The normalized spacial score (nSPS) is 13.6. The zero-order valence-electron chi connectivity index (χ0n) is 18.2. The van der Waals surface area contributed by atoms with Crippen molar-refractivity contribution in [2.24, 2.45) is 0 Å². The molecule has 176 valence electrons. The Hall–Kier alpha value is -2.88. The summed E-state index contributed by atoms with van der Waals surface area (Å²) >= 11 is 7.28. The Morgan fingerprint density at radius 3 is 2.76 bits per heavy atom. The number of fused-ring (bicyclic) bond motifs is 1. The molecule has 0 spiro atoms. The zero-order chi connectivity index (χ0) is 24.0. The van der Waals surface area contributed by atoms with Crippen LogP contribution in [0, 0.1) is 11.6 Å². The molecule has 1 saturated carbocycles. The number of nitrogens with one attached hydrogen (secondary N) is 1. The van der Waals surface area contributed by atoms with Gasteiger partial charge in [0.05, 0.1) is 34.5 Å². The van der Waals surface area contributed by atoms with Crippen LogP contribution < -0.4 is 5.32 Å². The molecule has 2 aromatic carbocycles. The van der Waals surface area contributed by atoms with Crippen LogP contribution in [0.3, 0.4) is 0 Å². The number of nitrogens with zero attached hydrogens (tertiary/aromatic N) is 3. The third-order valence-corrected chi connectivity index (χ3v) is 7.31. The summed E-state index contributed by atoms with van der Waals surface area (Å²) in [5.74, 6) is -2.54. The molecule has 4 aromatic rings. The van der Waals surface area contributed by atoms with Crippen molar-refractivity contribution in [1.29, 1.82) is 0 Å². The van der Waals surface area contributed by atoms with Crippen molar-refractivity contribution < 1.29 is 18.7 Å². The lowest BCUT2D eigenvalue weighted by atomic mass is 10.2. The maximum Gasteiger partial charge on any atom is 0.338 e. The highest BCUT2D eigenvalue weighted by molar-refractivity contribution is 7.99. The largest absolute Gasteiger partial charge is 0.478 e. The van der Waals surface area contributed by atoms with Crippen LogP contribution in [0.4, 0.5) is 8.78 Å². The second-order valence-electron chi connectivity index (χ2n) is 8.17. The molecule has 34 heavy (non-hydrogen) atoms. The zero-order valence-corrected chi connectivity index (χ0v) is 19.8. The maximum atomic E-state index is 15.5. The van der Waals surface area contributed by atoms with Gasteiger partial charge in [0.15, 0.2) is 11.6 Å². The van der Waals surface area contributed by atoms with Crippen LogP contribution >= 0.6 is 23.4 Å². The topological polar surface area (TPSA) is 72.1 Å². The number of likely N-dealkylation sites (N-methyl/N-ethyl adjacent to an activating group) is 1. The predicted molar refractivity (Wildman–Crippen MR) is 127 cm³/mol. The van der Waals surface area contributed by atoms with E-state index in [-0.39, 0.29) is 15.8 Å². The number of halogens is 3. The first-order valence-corrected chi connectivity index (χ1v) is 12.0. The number of carbonyl (C=O) groups is 1. The van der Waals surface area contributed by atoms with Gasteiger partial charge in [-0.05, 0) is 44.2 Å². The molecule has 6 nitrogen and oxygen atoms in total. The Labute approximate surface area is 203 Å². The van der Waals surface area contributed by atoms with E-state index in [0.717, 1.165) is 36.8 Å². The molecule has 1 aliphatic rings. The second kappa shape index (κ2) is 9.05. The first kappa shape index (κ1) is 22.9. The summed E-state index contributed by atoms with van der Waals surface area (Å²) in [5.41, 5.74) is 1.45. The Morgan fingerprint density at radius 1 is 1.26 bits per heavy atom. The fourth-order valence-electron chi connectivity index (χ4n) is 4.08.